The summed E-state index contributed by atoms with van der Waals surface area (Å²) in [5.41, 5.74) is 2.00. The highest BCUT2D eigenvalue weighted by Gasteiger charge is 2.25. The molecule has 5 nitrogen and oxygen atoms in total. The van der Waals surface area contributed by atoms with Gasteiger partial charge >= 0.3 is 0 Å². The molecule has 0 saturated heterocycles. The number of benzene rings is 2. The highest BCUT2D eigenvalue weighted by molar-refractivity contribution is 5.95. The molecule has 0 N–H and O–H groups in total. The van der Waals surface area contributed by atoms with Gasteiger partial charge in [-0.15, -0.1) is 0 Å². The second-order valence-electron chi connectivity index (χ2n) is 5.32. The van der Waals surface area contributed by atoms with Gasteiger partial charge < -0.3 is 18.9 Å². The number of fused-ring (bicyclic) bond motifs is 1. The molecule has 23 heavy (non-hydrogen) atoms. The molecule has 2 aliphatic heterocycles. The summed E-state index contributed by atoms with van der Waals surface area (Å²) in [7, 11) is 0. The molecule has 2 aromatic carbocycles. The molecule has 0 aromatic heterocycles. The van der Waals surface area contributed by atoms with Gasteiger partial charge in [-0.25, -0.2) is 4.99 Å². The maximum Gasteiger partial charge on any atom is 0.231 e. The molecule has 0 fully saturated rings. The van der Waals surface area contributed by atoms with E-state index in [9.17, 15) is 0 Å². The number of ether oxygens (including phenoxy) is 4. The fourth-order valence-corrected chi connectivity index (χ4v) is 2.68. The Morgan fingerprint density at radius 1 is 1.09 bits per heavy atom. The Hall–Kier alpha value is -2.69. The Labute approximate surface area is 134 Å². The van der Waals surface area contributed by atoms with Crippen molar-refractivity contribution in [3.8, 4) is 17.2 Å². The van der Waals surface area contributed by atoms with Gasteiger partial charge in [0.1, 0.15) is 11.9 Å². The number of nitrogens with zero attached hydrogens (tertiary/aromatic N) is 1. The minimum absolute atomic E-state index is 0.0916. The molecule has 0 spiro atoms. The molecule has 2 aromatic rings. The summed E-state index contributed by atoms with van der Waals surface area (Å²) >= 11 is 0. The molecule has 0 aliphatic carbocycles. The second kappa shape index (κ2) is 5.83. The molecule has 2 aliphatic rings. The van der Waals surface area contributed by atoms with Crippen LogP contribution in [0.4, 0.5) is 0 Å². The van der Waals surface area contributed by atoms with Gasteiger partial charge in [0.2, 0.25) is 12.7 Å². The van der Waals surface area contributed by atoms with Crippen molar-refractivity contribution >= 4 is 5.90 Å². The normalized spacial score (nSPS) is 18.5. The number of rotatable bonds is 4. The molecule has 0 amide bonds. The molecule has 0 radical (unpaired) electrons. The highest BCUT2D eigenvalue weighted by Crippen LogP contribution is 2.36. The number of hydrogen-bond donors (Lipinski definition) is 0. The first-order chi connectivity index (χ1) is 11.3. The Balaban J connectivity index is 1.48. The summed E-state index contributed by atoms with van der Waals surface area (Å²) in [5, 5.41) is 0. The third kappa shape index (κ3) is 2.70. The molecule has 0 bridgehead atoms. The van der Waals surface area contributed by atoms with Gasteiger partial charge in [0, 0.05) is 5.56 Å². The first kappa shape index (κ1) is 13.9. The van der Waals surface area contributed by atoms with Crippen LogP contribution >= 0.6 is 0 Å². The number of aliphatic imine (C=N–C) groups is 1. The second-order valence-corrected chi connectivity index (χ2v) is 5.32. The molecule has 5 heteroatoms. The van der Waals surface area contributed by atoms with Gasteiger partial charge in [0.25, 0.3) is 0 Å². The molecule has 2 heterocycles. The van der Waals surface area contributed by atoms with Crippen molar-refractivity contribution in [1.82, 2.24) is 0 Å². The van der Waals surface area contributed by atoms with Crippen LogP contribution in [0.2, 0.25) is 0 Å². The summed E-state index contributed by atoms with van der Waals surface area (Å²) in [5.74, 6) is 3.05. The Kier molecular flexibility index (Phi) is 3.54. The van der Waals surface area contributed by atoms with Gasteiger partial charge in [-0.3, -0.25) is 0 Å². The SMILES string of the molecule is CCOc1ccc(C2=NCC(c3ccc4c(c3)OCO4)O2)cc1. The molecule has 4 rings (SSSR count). The fraction of sp³-hybridized carbons (Fsp3) is 0.278. The van der Waals surface area contributed by atoms with Gasteiger partial charge in [-0.1, -0.05) is 6.07 Å². The zero-order valence-corrected chi connectivity index (χ0v) is 12.8. The van der Waals surface area contributed by atoms with Crippen molar-refractivity contribution in [2.75, 3.05) is 19.9 Å². The largest absolute Gasteiger partial charge is 0.494 e. The van der Waals surface area contributed by atoms with E-state index in [1.165, 1.54) is 0 Å². The van der Waals surface area contributed by atoms with Crippen LogP contribution in [0, 0.1) is 0 Å². The van der Waals surface area contributed by atoms with E-state index in [4.69, 9.17) is 18.9 Å². The van der Waals surface area contributed by atoms with Crippen molar-refractivity contribution in [1.29, 1.82) is 0 Å². The van der Waals surface area contributed by atoms with E-state index in [0.29, 0.717) is 19.0 Å². The maximum absolute atomic E-state index is 6.01. The van der Waals surface area contributed by atoms with Gasteiger partial charge in [0.05, 0.1) is 13.2 Å². The van der Waals surface area contributed by atoms with Crippen LogP contribution in [-0.4, -0.2) is 25.8 Å². The third-order valence-electron chi connectivity index (χ3n) is 3.84. The monoisotopic (exact) mass is 311 g/mol. The summed E-state index contributed by atoms with van der Waals surface area (Å²) in [6.45, 7) is 3.50. The predicted molar refractivity (Wildman–Crippen MR) is 85.4 cm³/mol. The maximum atomic E-state index is 6.01. The lowest BCUT2D eigenvalue weighted by molar-refractivity contribution is 0.173. The van der Waals surface area contributed by atoms with Gasteiger partial charge in [-0.05, 0) is 48.9 Å². The van der Waals surface area contributed by atoms with E-state index in [2.05, 4.69) is 4.99 Å². The van der Waals surface area contributed by atoms with E-state index in [1.807, 2.05) is 49.4 Å². The zero-order chi connectivity index (χ0) is 15.6. The van der Waals surface area contributed by atoms with Crippen molar-refractivity contribution in [2.24, 2.45) is 4.99 Å². The first-order valence-electron chi connectivity index (χ1n) is 7.67. The predicted octanol–water partition coefficient (Wildman–Crippen LogP) is 3.33. The van der Waals surface area contributed by atoms with Crippen LogP contribution < -0.4 is 14.2 Å². The lowest BCUT2D eigenvalue weighted by atomic mass is 10.1. The summed E-state index contributed by atoms with van der Waals surface area (Å²) < 4.78 is 22.2. The van der Waals surface area contributed by atoms with Gasteiger partial charge in [-0.2, -0.15) is 0 Å². The van der Waals surface area contributed by atoms with Crippen molar-refractivity contribution in [3.63, 3.8) is 0 Å². The van der Waals surface area contributed by atoms with Crippen LogP contribution in [0.3, 0.4) is 0 Å². The molecule has 1 atom stereocenters. The smallest absolute Gasteiger partial charge is 0.231 e. The van der Waals surface area contributed by atoms with Crippen LogP contribution in [0.15, 0.2) is 47.5 Å². The minimum Gasteiger partial charge on any atom is -0.494 e. The third-order valence-corrected chi connectivity index (χ3v) is 3.84. The van der Waals surface area contributed by atoms with E-state index in [0.717, 1.165) is 28.4 Å². The van der Waals surface area contributed by atoms with Crippen LogP contribution in [0.25, 0.3) is 0 Å². The molecular weight excluding hydrogens is 294 g/mol. The van der Waals surface area contributed by atoms with Crippen LogP contribution in [0.1, 0.15) is 24.2 Å². The van der Waals surface area contributed by atoms with Crippen molar-refractivity contribution in [3.05, 3.63) is 53.6 Å². The standard InChI is InChI=1S/C18H17NO4/c1-2-20-14-6-3-12(4-7-14)18-19-10-17(23-18)13-5-8-15-16(9-13)22-11-21-15/h3-9,17H,2,10-11H2,1H3. The molecule has 0 saturated carbocycles. The summed E-state index contributed by atoms with van der Waals surface area (Å²) in [6, 6.07) is 13.7. The average molecular weight is 311 g/mol. The molecule has 118 valence electrons. The quantitative estimate of drug-likeness (QED) is 0.869. The van der Waals surface area contributed by atoms with E-state index in [1.54, 1.807) is 0 Å². The lowest BCUT2D eigenvalue weighted by Gasteiger charge is -2.12. The lowest BCUT2D eigenvalue weighted by Crippen LogP contribution is -2.06. The average Bonchev–Trinajstić information content (AvgIpc) is 3.24. The van der Waals surface area contributed by atoms with Crippen molar-refractivity contribution in [2.45, 2.75) is 13.0 Å². The first-order valence-corrected chi connectivity index (χ1v) is 7.67. The van der Waals surface area contributed by atoms with Crippen LogP contribution in [0.5, 0.6) is 17.2 Å². The van der Waals surface area contributed by atoms with Crippen molar-refractivity contribution < 1.29 is 18.9 Å². The summed E-state index contributed by atoms with van der Waals surface area (Å²) in [6.07, 6.45) is -0.0916. The summed E-state index contributed by atoms with van der Waals surface area (Å²) in [4.78, 5) is 4.51. The Bertz CT molecular complexity index is 739. The highest BCUT2D eigenvalue weighted by atomic mass is 16.7. The Morgan fingerprint density at radius 3 is 2.74 bits per heavy atom. The zero-order valence-electron chi connectivity index (χ0n) is 12.8. The van der Waals surface area contributed by atoms with Crippen LogP contribution in [-0.2, 0) is 4.74 Å². The topological polar surface area (TPSA) is 49.3 Å². The van der Waals surface area contributed by atoms with E-state index < -0.39 is 0 Å². The molecule has 1 unspecified atom stereocenters. The van der Waals surface area contributed by atoms with E-state index in [-0.39, 0.29) is 12.9 Å². The Morgan fingerprint density at radius 2 is 1.91 bits per heavy atom. The van der Waals surface area contributed by atoms with Gasteiger partial charge in [0.15, 0.2) is 11.5 Å². The fourth-order valence-electron chi connectivity index (χ4n) is 2.68. The minimum atomic E-state index is -0.0916. The molecular formula is C18H17NO4. The van der Waals surface area contributed by atoms with E-state index >= 15 is 0 Å². The number of hydrogen-bond acceptors (Lipinski definition) is 5.